The lowest BCUT2D eigenvalue weighted by molar-refractivity contribution is -0.136. The first-order valence-corrected chi connectivity index (χ1v) is 21.7. The summed E-state index contributed by atoms with van der Waals surface area (Å²) in [5, 5.41) is 7.89. The fourth-order valence-electron chi connectivity index (χ4n) is 10.3. The van der Waals surface area contributed by atoms with Gasteiger partial charge in [-0.1, -0.05) is 56.0 Å². The van der Waals surface area contributed by atoms with Crippen LogP contribution in [0, 0.1) is 11.8 Å². The minimum atomic E-state index is -0.601. The van der Waals surface area contributed by atoms with Gasteiger partial charge < -0.3 is 39.9 Å². The highest BCUT2D eigenvalue weighted by molar-refractivity contribution is 5.92. The fraction of sp³-hybridized carbons (Fsp3) is 0.478. The number of likely N-dealkylation sites (tertiary alicyclic amines) is 2. The Bertz CT molecular complexity index is 2400. The maximum absolute atomic E-state index is 14.0. The number of fused-ring (bicyclic) bond motifs is 2. The van der Waals surface area contributed by atoms with Crippen LogP contribution < -0.4 is 10.6 Å². The average molecular weight is 815 g/mol. The van der Waals surface area contributed by atoms with Crippen molar-refractivity contribution in [2.75, 3.05) is 27.3 Å². The summed E-state index contributed by atoms with van der Waals surface area (Å²) in [7, 11) is 2.66. The molecule has 2 saturated heterocycles. The van der Waals surface area contributed by atoms with Gasteiger partial charge in [0.15, 0.2) is 0 Å². The number of aromatic nitrogens is 4. The molecular weight excluding hydrogens is 761 g/mol. The van der Waals surface area contributed by atoms with E-state index in [9.17, 15) is 19.2 Å². The van der Waals surface area contributed by atoms with Gasteiger partial charge in [-0.25, -0.2) is 19.6 Å². The van der Waals surface area contributed by atoms with Crippen LogP contribution in [0.1, 0.15) is 101 Å². The number of benzene rings is 3. The Balaban J connectivity index is 0.903. The second-order valence-electron chi connectivity index (χ2n) is 17.0. The van der Waals surface area contributed by atoms with E-state index in [1.165, 1.54) is 14.2 Å². The first-order valence-electron chi connectivity index (χ1n) is 21.7. The van der Waals surface area contributed by atoms with Crippen LogP contribution in [0.3, 0.4) is 0 Å². The number of H-pyrrole nitrogens is 2. The molecule has 314 valence electrons. The predicted molar refractivity (Wildman–Crippen MR) is 227 cm³/mol. The second-order valence-corrected chi connectivity index (χ2v) is 17.0. The third-order valence-electron chi connectivity index (χ3n) is 13.5. The Morgan fingerprint density at radius 3 is 1.73 bits per heavy atom. The maximum Gasteiger partial charge on any atom is 0.407 e. The number of amides is 4. The van der Waals surface area contributed by atoms with Gasteiger partial charge in [0.2, 0.25) is 11.8 Å². The third kappa shape index (κ3) is 7.79. The average Bonchev–Trinajstić information content (AvgIpc) is 4.12. The number of nitrogens with one attached hydrogen (secondary N) is 4. The molecule has 3 aromatic carbocycles. The summed E-state index contributed by atoms with van der Waals surface area (Å²) in [5.74, 6) is 1.61. The normalized spacial score (nSPS) is 20.8. The largest absolute Gasteiger partial charge is 0.453 e. The molecular formula is C46H54N8O6. The van der Waals surface area contributed by atoms with Crippen molar-refractivity contribution in [3.05, 3.63) is 72.4 Å². The standard InChI is InChI=1S/C46H54N8O6/c1-59-45(57)51-39(27-9-3-4-10-27)43(55)53-21-7-13-37(53)41-47-26-36(50-41)33-18-17-29-23-30(15-16-31(29)24-33)32-19-20-34-35(25-32)49-42(48-34)38-14-8-22-54(38)44(56)40(52-46(58)60-2)28-11-5-6-12-28/h15-20,23-28,37-40H,3-14,21-22H2,1-2H3,(H,47,50)(H,48,49)(H,51,57)(H,52,58)/t37-,38-,39-,40-/m0/s1. The number of hydrogen-bond donors (Lipinski definition) is 4. The van der Waals surface area contributed by atoms with Crippen molar-refractivity contribution < 1.29 is 28.7 Å². The molecule has 2 saturated carbocycles. The topological polar surface area (TPSA) is 175 Å². The van der Waals surface area contributed by atoms with Crippen molar-refractivity contribution in [1.82, 2.24) is 40.4 Å². The van der Waals surface area contributed by atoms with Crippen molar-refractivity contribution in [3.8, 4) is 22.4 Å². The Morgan fingerprint density at radius 2 is 1.15 bits per heavy atom. The van der Waals surface area contributed by atoms with Crippen molar-refractivity contribution >= 4 is 45.8 Å². The van der Waals surface area contributed by atoms with Gasteiger partial charge >= 0.3 is 12.2 Å². The van der Waals surface area contributed by atoms with Crippen LogP contribution in [0.5, 0.6) is 0 Å². The molecule has 9 rings (SSSR count). The van der Waals surface area contributed by atoms with E-state index in [1.807, 2.05) is 22.1 Å². The van der Waals surface area contributed by atoms with Crippen LogP contribution in [0.2, 0.25) is 0 Å². The molecule has 4 N–H and O–H groups in total. The molecule has 4 amide bonds. The molecule has 4 atom stereocenters. The molecule has 4 fully saturated rings. The first kappa shape index (κ1) is 39.5. The third-order valence-corrected chi connectivity index (χ3v) is 13.5. The van der Waals surface area contributed by atoms with E-state index in [0.29, 0.717) is 13.1 Å². The number of rotatable bonds is 10. The van der Waals surface area contributed by atoms with E-state index in [1.54, 1.807) is 0 Å². The highest BCUT2D eigenvalue weighted by Crippen LogP contribution is 2.38. The summed E-state index contributed by atoms with van der Waals surface area (Å²) < 4.78 is 9.77. The summed E-state index contributed by atoms with van der Waals surface area (Å²) in [6.07, 6.45) is 11.9. The Labute approximate surface area is 349 Å². The van der Waals surface area contributed by atoms with Gasteiger partial charge in [0.05, 0.1) is 49.2 Å². The number of alkyl carbamates (subject to hydrolysis) is 2. The van der Waals surface area contributed by atoms with Crippen LogP contribution in [0.25, 0.3) is 44.2 Å². The van der Waals surface area contributed by atoms with Gasteiger partial charge in [-0.15, -0.1) is 0 Å². The van der Waals surface area contributed by atoms with E-state index in [2.05, 4.69) is 69.1 Å². The number of hydrogen-bond acceptors (Lipinski definition) is 8. The lowest BCUT2D eigenvalue weighted by Crippen LogP contribution is -2.51. The summed E-state index contributed by atoms with van der Waals surface area (Å²) in [5.41, 5.74) is 5.76. The number of imidazole rings is 2. The van der Waals surface area contributed by atoms with Crippen LogP contribution in [-0.2, 0) is 19.1 Å². The van der Waals surface area contributed by atoms with Gasteiger partial charge in [-0.05, 0) is 109 Å². The smallest absolute Gasteiger partial charge is 0.407 e. The summed E-state index contributed by atoms with van der Waals surface area (Å²) in [6, 6.07) is 17.5. The highest BCUT2D eigenvalue weighted by atomic mass is 16.5. The maximum atomic E-state index is 14.0. The molecule has 5 aromatic rings. The van der Waals surface area contributed by atoms with E-state index in [-0.39, 0.29) is 35.7 Å². The Kier molecular flexibility index (Phi) is 11.2. The van der Waals surface area contributed by atoms with Crippen molar-refractivity contribution in [1.29, 1.82) is 0 Å². The van der Waals surface area contributed by atoms with Crippen molar-refractivity contribution in [3.63, 3.8) is 0 Å². The zero-order valence-corrected chi connectivity index (χ0v) is 34.4. The van der Waals surface area contributed by atoms with E-state index in [4.69, 9.17) is 19.4 Å². The number of carbonyl (C=O) groups is 4. The molecule has 14 heteroatoms. The molecule has 60 heavy (non-hydrogen) atoms. The molecule has 14 nitrogen and oxygen atoms in total. The second kappa shape index (κ2) is 17.0. The molecule has 2 aliphatic heterocycles. The van der Waals surface area contributed by atoms with Gasteiger partial charge in [0.25, 0.3) is 0 Å². The monoisotopic (exact) mass is 814 g/mol. The zero-order valence-electron chi connectivity index (χ0n) is 34.4. The van der Waals surface area contributed by atoms with Crippen LogP contribution in [-0.4, -0.2) is 93.1 Å². The summed E-state index contributed by atoms with van der Waals surface area (Å²) in [6.45, 7) is 1.24. The Morgan fingerprint density at radius 1 is 0.633 bits per heavy atom. The molecule has 2 aromatic heterocycles. The fourth-order valence-corrected chi connectivity index (χ4v) is 10.3. The Hall–Kier alpha value is -5.92. The minimum absolute atomic E-state index is 0.0607. The molecule has 0 bridgehead atoms. The number of methoxy groups -OCH3 is 2. The van der Waals surface area contributed by atoms with Crippen LogP contribution >= 0.6 is 0 Å². The molecule has 4 heterocycles. The number of aromatic amines is 2. The van der Waals surface area contributed by atoms with Gasteiger partial charge in [-0.3, -0.25) is 9.59 Å². The number of carbonyl (C=O) groups excluding carboxylic acids is 4. The lowest BCUT2D eigenvalue weighted by Gasteiger charge is -2.31. The van der Waals surface area contributed by atoms with Crippen LogP contribution in [0.15, 0.2) is 60.8 Å². The minimum Gasteiger partial charge on any atom is -0.453 e. The molecule has 4 aliphatic rings. The summed E-state index contributed by atoms with van der Waals surface area (Å²) in [4.78, 5) is 73.0. The lowest BCUT2D eigenvalue weighted by atomic mass is 9.96. The van der Waals surface area contributed by atoms with Gasteiger partial charge in [0, 0.05) is 18.7 Å². The first-order chi connectivity index (χ1) is 29.3. The summed E-state index contributed by atoms with van der Waals surface area (Å²) >= 11 is 0. The van der Waals surface area contributed by atoms with Gasteiger partial charge in [0.1, 0.15) is 23.7 Å². The van der Waals surface area contributed by atoms with Crippen molar-refractivity contribution in [2.45, 2.75) is 101 Å². The van der Waals surface area contributed by atoms with Gasteiger partial charge in [-0.2, -0.15) is 0 Å². The number of ether oxygens (including phenoxy) is 2. The quantitative estimate of drug-likeness (QED) is 0.110. The van der Waals surface area contributed by atoms with E-state index >= 15 is 0 Å². The number of nitrogens with zero attached hydrogens (tertiary/aromatic N) is 4. The molecule has 0 radical (unpaired) electrons. The molecule has 0 unspecified atom stereocenters. The SMILES string of the molecule is COC(=O)N[C@H](C(=O)N1CCC[C@H]1c1ncc(-c2ccc3cc(-c4ccc5nc([C@@H]6CCCN6C(=O)[C@@H](NC(=O)OC)C6CCCC6)[nH]c5c4)ccc3c2)[nH]1)C1CCCC1. The van der Waals surface area contributed by atoms with Crippen molar-refractivity contribution in [2.24, 2.45) is 11.8 Å². The molecule has 0 spiro atoms. The zero-order chi connectivity index (χ0) is 41.3. The highest BCUT2D eigenvalue weighted by Gasteiger charge is 2.42. The molecule has 2 aliphatic carbocycles. The van der Waals surface area contributed by atoms with E-state index in [0.717, 1.165) is 133 Å². The van der Waals surface area contributed by atoms with Crippen LogP contribution in [0.4, 0.5) is 9.59 Å². The predicted octanol–water partition coefficient (Wildman–Crippen LogP) is 7.93. The van der Waals surface area contributed by atoms with E-state index < -0.39 is 24.3 Å².